The Morgan fingerprint density at radius 2 is 1.57 bits per heavy atom. The summed E-state index contributed by atoms with van der Waals surface area (Å²) in [6, 6.07) is 0.400. The molecule has 5 nitrogen and oxygen atoms in total. The topological polar surface area (TPSA) is 36.0 Å². The van der Waals surface area contributed by atoms with E-state index in [4.69, 9.17) is 4.74 Å². The van der Waals surface area contributed by atoms with Crippen LogP contribution < -0.4 is 0 Å². The highest BCUT2D eigenvalue weighted by Crippen LogP contribution is 2.30. The maximum atomic E-state index is 12.1. The van der Waals surface area contributed by atoms with Crippen LogP contribution in [0.15, 0.2) is 11.8 Å². The number of esters is 1. The number of likely N-dealkylation sites (N-methyl/N-ethyl adjacent to an activating group) is 1. The van der Waals surface area contributed by atoms with E-state index in [1.54, 1.807) is 0 Å². The summed E-state index contributed by atoms with van der Waals surface area (Å²) >= 11 is 0. The molecule has 0 aromatic heterocycles. The quantitative estimate of drug-likeness (QED) is 0.744. The number of nitrogens with zero attached hydrogens (tertiary/aromatic N) is 3. The van der Waals surface area contributed by atoms with E-state index in [9.17, 15) is 4.79 Å². The summed E-state index contributed by atoms with van der Waals surface area (Å²) in [5, 5.41) is 0. The summed E-state index contributed by atoms with van der Waals surface area (Å²) in [5.41, 5.74) is 0.818. The van der Waals surface area contributed by atoms with Gasteiger partial charge in [-0.25, -0.2) is 4.79 Å². The molecule has 0 amide bonds. The van der Waals surface area contributed by atoms with E-state index in [0.29, 0.717) is 12.2 Å². The molecule has 5 heteroatoms. The Bertz CT molecular complexity index is 440. The molecule has 23 heavy (non-hydrogen) atoms. The molecule has 0 N–H and O–H groups in total. The molecule has 3 heterocycles. The van der Waals surface area contributed by atoms with Crippen molar-refractivity contribution < 1.29 is 9.53 Å². The van der Waals surface area contributed by atoms with Crippen molar-refractivity contribution >= 4 is 5.97 Å². The molecule has 0 aromatic carbocycles. The molecule has 0 bridgehead atoms. The maximum Gasteiger partial charge on any atom is 0.335 e. The number of carbonyl (C=O) groups excluding carboxylic acids is 1. The molecule has 3 aliphatic rings. The highest BCUT2D eigenvalue weighted by molar-refractivity contribution is 5.88. The smallest absolute Gasteiger partial charge is 0.335 e. The first-order valence-corrected chi connectivity index (χ1v) is 9.20. The number of hydrogen-bond donors (Lipinski definition) is 0. The van der Waals surface area contributed by atoms with Crippen molar-refractivity contribution in [2.45, 2.75) is 57.2 Å². The molecule has 0 spiro atoms. The maximum absolute atomic E-state index is 12.1. The summed E-state index contributed by atoms with van der Waals surface area (Å²) in [7, 11) is 3.61. The van der Waals surface area contributed by atoms with Crippen LogP contribution in [0.2, 0.25) is 0 Å². The Labute approximate surface area is 140 Å². The number of piperidine rings is 2. The standard InChI is InChI=1S/C18H31N3O2/c1-19-14-15(18(22)23-2)13-16(20-9-5-3-6-10-20)17(19)21-11-7-4-8-12-21/h14,16-17H,3-13H2,1-2H3/t16-,17+/m0/s1. The summed E-state index contributed by atoms with van der Waals surface area (Å²) in [6.07, 6.45) is 11.1. The fourth-order valence-corrected chi connectivity index (χ4v) is 4.50. The number of hydrogen-bond acceptors (Lipinski definition) is 5. The lowest BCUT2D eigenvalue weighted by Gasteiger charge is -2.50. The third-order valence-electron chi connectivity index (χ3n) is 5.62. The average Bonchev–Trinajstić information content (AvgIpc) is 2.61. The number of methoxy groups -OCH3 is 1. The van der Waals surface area contributed by atoms with Gasteiger partial charge in [0.25, 0.3) is 0 Å². The van der Waals surface area contributed by atoms with E-state index >= 15 is 0 Å². The van der Waals surface area contributed by atoms with E-state index in [1.165, 1.54) is 58.7 Å². The molecule has 0 unspecified atom stereocenters. The van der Waals surface area contributed by atoms with E-state index in [0.717, 1.165) is 25.1 Å². The Hall–Kier alpha value is -1.07. The average molecular weight is 321 g/mol. The van der Waals surface area contributed by atoms with E-state index < -0.39 is 0 Å². The van der Waals surface area contributed by atoms with Gasteiger partial charge in [0.2, 0.25) is 0 Å². The monoisotopic (exact) mass is 321 g/mol. The molecule has 3 rings (SSSR count). The van der Waals surface area contributed by atoms with Crippen LogP contribution in [-0.4, -0.2) is 73.2 Å². The highest BCUT2D eigenvalue weighted by Gasteiger charge is 2.39. The molecular formula is C18H31N3O2. The molecule has 0 aromatic rings. The van der Waals surface area contributed by atoms with E-state index in [1.807, 2.05) is 6.20 Å². The van der Waals surface area contributed by atoms with Crippen LogP contribution in [0, 0.1) is 0 Å². The number of likely N-dealkylation sites (tertiary alicyclic amines) is 2. The third-order valence-corrected chi connectivity index (χ3v) is 5.62. The largest absolute Gasteiger partial charge is 0.466 e. The Morgan fingerprint density at radius 1 is 1.00 bits per heavy atom. The summed E-state index contributed by atoms with van der Waals surface area (Å²) in [5.74, 6) is -0.170. The van der Waals surface area contributed by atoms with Crippen molar-refractivity contribution in [2.75, 3.05) is 40.3 Å². The predicted octanol–water partition coefficient (Wildman–Crippen LogP) is 2.05. The molecule has 0 radical (unpaired) electrons. The Kier molecular flexibility index (Phi) is 5.59. The molecule has 0 saturated carbocycles. The molecule has 2 fully saturated rings. The van der Waals surface area contributed by atoms with Crippen molar-refractivity contribution in [1.29, 1.82) is 0 Å². The lowest BCUT2D eigenvalue weighted by atomic mass is 9.94. The SMILES string of the molecule is COC(=O)C1=CN(C)[C@H](N2CCCCC2)[C@@H](N2CCCCC2)C1. The number of rotatable bonds is 3. The van der Waals surface area contributed by atoms with Gasteiger partial charge in [-0.3, -0.25) is 9.80 Å². The zero-order chi connectivity index (χ0) is 16.2. The molecule has 2 atom stereocenters. The van der Waals surface area contributed by atoms with Gasteiger partial charge in [0.15, 0.2) is 0 Å². The summed E-state index contributed by atoms with van der Waals surface area (Å²) < 4.78 is 4.99. The minimum atomic E-state index is -0.170. The molecular weight excluding hydrogens is 290 g/mol. The first-order valence-electron chi connectivity index (χ1n) is 9.20. The minimum Gasteiger partial charge on any atom is -0.466 e. The minimum absolute atomic E-state index is 0.170. The normalized spacial score (nSPS) is 30.9. The second kappa shape index (κ2) is 7.67. The van der Waals surface area contributed by atoms with Gasteiger partial charge in [-0.05, 0) is 45.2 Å². The lowest BCUT2D eigenvalue weighted by molar-refractivity contribution is -0.137. The van der Waals surface area contributed by atoms with Gasteiger partial charge in [0.05, 0.1) is 18.8 Å². The van der Waals surface area contributed by atoms with E-state index in [2.05, 4.69) is 21.7 Å². The second-order valence-corrected chi connectivity index (χ2v) is 7.19. The van der Waals surface area contributed by atoms with Crippen LogP contribution in [-0.2, 0) is 9.53 Å². The molecule has 130 valence electrons. The molecule has 2 saturated heterocycles. The summed E-state index contributed by atoms with van der Waals surface area (Å²) in [4.78, 5) is 19.6. The van der Waals surface area contributed by atoms with Gasteiger partial charge >= 0.3 is 5.97 Å². The fourth-order valence-electron chi connectivity index (χ4n) is 4.50. The number of carbonyl (C=O) groups is 1. The zero-order valence-corrected chi connectivity index (χ0v) is 14.7. The molecule has 3 aliphatic heterocycles. The van der Waals surface area contributed by atoms with Crippen LogP contribution >= 0.6 is 0 Å². The van der Waals surface area contributed by atoms with Crippen molar-refractivity contribution in [2.24, 2.45) is 0 Å². The van der Waals surface area contributed by atoms with Crippen molar-refractivity contribution in [3.05, 3.63) is 11.8 Å². The van der Waals surface area contributed by atoms with Gasteiger partial charge in [0, 0.05) is 32.4 Å². The van der Waals surface area contributed by atoms with Gasteiger partial charge in [0.1, 0.15) is 0 Å². The lowest BCUT2D eigenvalue weighted by Crippen LogP contribution is -2.61. The Morgan fingerprint density at radius 3 is 2.13 bits per heavy atom. The van der Waals surface area contributed by atoms with Gasteiger partial charge in [-0.1, -0.05) is 12.8 Å². The van der Waals surface area contributed by atoms with Crippen LogP contribution in [0.3, 0.4) is 0 Å². The first-order chi connectivity index (χ1) is 11.2. The number of ether oxygens (including phenoxy) is 1. The van der Waals surface area contributed by atoms with Crippen LogP contribution in [0.5, 0.6) is 0 Å². The van der Waals surface area contributed by atoms with Crippen molar-refractivity contribution in [3.63, 3.8) is 0 Å². The molecule has 0 aliphatic carbocycles. The van der Waals surface area contributed by atoms with Crippen LogP contribution in [0.25, 0.3) is 0 Å². The fraction of sp³-hybridized carbons (Fsp3) is 0.833. The van der Waals surface area contributed by atoms with E-state index in [-0.39, 0.29) is 5.97 Å². The van der Waals surface area contributed by atoms with Crippen LogP contribution in [0.1, 0.15) is 44.9 Å². The summed E-state index contributed by atoms with van der Waals surface area (Å²) in [6.45, 7) is 4.69. The zero-order valence-electron chi connectivity index (χ0n) is 14.7. The van der Waals surface area contributed by atoms with Crippen LogP contribution in [0.4, 0.5) is 0 Å². The Balaban J connectivity index is 1.83. The first kappa shape index (κ1) is 16.8. The van der Waals surface area contributed by atoms with Crippen molar-refractivity contribution in [1.82, 2.24) is 14.7 Å². The second-order valence-electron chi connectivity index (χ2n) is 7.19. The predicted molar refractivity (Wildman–Crippen MR) is 90.9 cm³/mol. The highest BCUT2D eigenvalue weighted by atomic mass is 16.5. The third kappa shape index (κ3) is 3.72. The van der Waals surface area contributed by atoms with Crippen molar-refractivity contribution in [3.8, 4) is 0 Å². The van der Waals surface area contributed by atoms with Gasteiger partial charge < -0.3 is 9.64 Å². The van der Waals surface area contributed by atoms with Gasteiger partial charge in [-0.15, -0.1) is 0 Å². The van der Waals surface area contributed by atoms with Gasteiger partial charge in [-0.2, -0.15) is 0 Å².